The zero-order valence-corrected chi connectivity index (χ0v) is 20.2. The third-order valence-electron chi connectivity index (χ3n) is 6.79. The van der Waals surface area contributed by atoms with Crippen LogP contribution in [0.25, 0.3) is 11.1 Å². The van der Waals surface area contributed by atoms with Crippen molar-refractivity contribution < 1.29 is 24.2 Å². The summed E-state index contributed by atoms with van der Waals surface area (Å²) in [6.07, 6.45) is 3.09. The summed E-state index contributed by atoms with van der Waals surface area (Å²) < 4.78 is 5.63. The highest BCUT2D eigenvalue weighted by molar-refractivity contribution is 7.98. The molecule has 0 radical (unpaired) electrons. The van der Waals surface area contributed by atoms with Gasteiger partial charge in [0, 0.05) is 5.92 Å². The number of thioether (sulfide) groups is 1. The molecule has 3 N–H and O–H groups in total. The van der Waals surface area contributed by atoms with E-state index in [1.807, 2.05) is 42.7 Å². The summed E-state index contributed by atoms with van der Waals surface area (Å²) in [5.74, 6) is -1.10. The standard InChI is InChI=1S/C26H30N2O5S/c1-26(16-11-12-16,24(31)27-22(23(29)30)13-14-34-2)28-25(32)33-15-21-19-9-5-3-7-17(19)18-8-4-6-10-20(18)21/h3-10,16,21-22H,11-15H2,1-2H3,(H,27,31)(H,28,32)(H,29,30)/t22-,26?/m0/s1. The first-order valence-electron chi connectivity index (χ1n) is 11.5. The average Bonchev–Trinajstić information content (AvgIpc) is 3.64. The molecule has 2 aliphatic carbocycles. The summed E-state index contributed by atoms with van der Waals surface area (Å²) in [5.41, 5.74) is 3.27. The van der Waals surface area contributed by atoms with Gasteiger partial charge in [-0.15, -0.1) is 0 Å². The maximum absolute atomic E-state index is 13.1. The zero-order valence-electron chi connectivity index (χ0n) is 19.4. The van der Waals surface area contributed by atoms with Gasteiger partial charge in [0.15, 0.2) is 0 Å². The number of benzene rings is 2. The fourth-order valence-corrected chi connectivity index (χ4v) is 5.12. The Morgan fingerprint density at radius 2 is 1.68 bits per heavy atom. The third kappa shape index (κ3) is 4.92. The van der Waals surface area contributed by atoms with Crippen LogP contribution in [0.2, 0.25) is 0 Å². The molecule has 2 aromatic carbocycles. The van der Waals surface area contributed by atoms with Gasteiger partial charge in [0.1, 0.15) is 18.2 Å². The van der Waals surface area contributed by atoms with Crippen molar-refractivity contribution in [1.29, 1.82) is 0 Å². The SMILES string of the molecule is CSCC[C@H](NC(=O)C(C)(NC(=O)OCC1c2ccccc2-c2ccccc21)C1CC1)C(=O)O. The molecule has 2 aliphatic rings. The van der Waals surface area contributed by atoms with Gasteiger partial charge >= 0.3 is 12.1 Å². The van der Waals surface area contributed by atoms with Crippen LogP contribution in [0.15, 0.2) is 48.5 Å². The summed E-state index contributed by atoms with van der Waals surface area (Å²) in [7, 11) is 0. The molecule has 0 aliphatic heterocycles. The van der Waals surface area contributed by atoms with Crippen molar-refractivity contribution in [2.75, 3.05) is 18.6 Å². The number of amides is 2. The van der Waals surface area contributed by atoms with Gasteiger partial charge in [0.05, 0.1) is 0 Å². The molecule has 0 bridgehead atoms. The van der Waals surface area contributed by atoms with Gasteiger partial charge in [-0.05, 0) is 66.4 Å². The van der Waals surface area contributed by atoms with E-state index in [1.54, 1.807) is 6.92 Å². The molecule has 0 saturated heterocycles. The fourth-order valence-electron chi connectivity index (χ4n) is 4.65. The Labute approximate surface area is 203 Å². The normalized spacial score (nSPS) is 17.1. The number of carbonyl (C=O) groups is 3. The van der Waals surface area contributed by atoms with Crippen molar-refractivity contribution in [1.82, 2.24) is 10.6 Å². The number of alkyl carbamates (subject to hydrolysis) is 1. The number of ether oxygens (including phenoxy) is 1. The zero-order chi connectivity index (χ0) is 24.3. The first-order valence-corrected chi connectivity index (χ1v) is 12.9. The second-order valence-corrected chi connectivity index (χ2v) is 10.1. The molecular weight excluding hydrogens is 452 g/mol. The maximum Gasteiger partial charge on any atom is 0.408 e. The minimum absolute atomic E-state index is 0.0528. The van der Waals surface area contributed by atoms with Crippen molar-refractivity contribution in [3.63, 3.8) is 0 Å². The molecule has 1 unspecified atom stereocenters. The number of fused-ring (bicyclic) bond motifs is 3. The van der Waals surface area contributed by atoms with E-state index in [4.69, 9.17) is 4.74 Å². The lowest BCUT2D eigenvalue weighted by Gasteiger charge is -2.31. The Morgan fingerprint density at radius 3 is 2.21 bits per heavy atom. The maximum atomic E-state index is 13.1. The van der Waals surface area contributed by atoms with E-state index in [-0.39, 0.29) is 18.4 Å². The predicted octanol–water partition coefficient (Wildman–Crippen LogP) is 4.02. The Kier molecular flexibility index (Phi) is 7.16. The van der Waals surface area contributed by atoms with Gasteiger partial charge in [-0.25, -0.2) is 9.59 Å². The number of aliphatic carboxylic acids is 1. The molecule has 0 aromatic heterocycles. The first kappa shape index (κ1) is 24.1. The Balaban J connectivity index is 1.43. The molecule has 2 amide bonds. The number of nitrogens with one attached hydrogen (secondary N) is 2. The van der Waals surface area contributed by atoms with Crippen LogP contribution >= 0.6 is 11.8 Å². The van der Waals surface area contributed by atoms with E-state index >= 15 is 0 Å². The largest absolute Gasteiger partial charge is 0.480 e. The van der Waals surface area contributed by atoms with Crippen LogP contribution in [-0.4, -0.2) is 53.3 Å². The van der Waals surface area contributed by atoms with E-state index in [9.17, 15) is 19.5 Å². The van der Waals surface area contributed by atoms with Crippen LogP contribution in [0.3, 0.4) is 0 Å². The van der Waals surface area contributed by atoms with Gasteiger partial charge in [-0.1, -0.05) is 48.5 Å². The van der Waals surface area contributed by atoms with Crippen LogP contribution in [0.1, 0.15) is 43.2 Å². The lowest BCUT2D eigenvalue weighted by atomic mass is 9.94. The number of carbonyl (C=O) groups excluding carboxylic acids is 2. The molecule has 8 heteroatoms. The summed E-state index contributed by atoms with van der Waals surface area (Å²) in [6, 6.07) is 15.2. The number of hydrogen-bond donors (Lipinski definition) is 3. The number of rotatable bonds is 10. The molecule has 0 heterocycles. The molecule has 4 rings (SSSR count). The minimum Gasteiger partial charge on any atom is -0.480 e. The van der Waals surface area contributed by atoms with Crippen molar-refractivity contribution in [2.45, 2.75) is 43.7 Å². The quantitative estimate of drug-likeness (QED) is 0.473. The van der Waals surface area contributed by atoms with Crippen LogP contribution in [0.4, 0.5) is 4.79 Å². The molecule has 7 nitrogen and oxygen atoms in total. The Hall–Kier alpha value is -3.00. The molecular formula is C26H30N2O5S. The lowest BCUT2D eigenvalue weighted by Crippen LogP contribution is -2.61. The molecule has 0 spiro atoms. The van der Waals surface area contributed by atoms with Crippen LogP contribution in [-0.2, 0) is 14.3 Å². The average molecular weight is 483 g/mol. The molecule has 34 heavy (non-hydrogen) atoms. The Bertz CT molecular complexity index is 1040. The summed E-state index contributed by atoms with van der Waals surface area (Å²) in [4.78, 5) is 37.5. The van der Waals surface area contributed by atoms with Gasteiger partial charge in [0.25, 0.3) is 0 Å². The van der Waals surface area contributed by atoms with Crippen molar-refractivity contribution in [3.8, 4) is 11.1 Å². The number of carboxylic acid groups (broad SMARTS) is 1. The predicted molar refractivity (Wildman–Crippen MR) is 132 cm³/mol. The molecule has 2 atom stereocenters. The second-order valence-electron chi connectivity index (χ2n) is 9.07. The smallest absolute Gasteiger partial charge is 0.408 e. The van der Waals surface area contributed by atoms with Gasteiger partial charge in [0.2, 0.25) is 5.91 Å². The fraction of sp³-hybridized carbons (Fsp3) is 0.423. The second kappa shape index (κ2) is 10.1. The first-order chi connectivity index (χ1) is 16.3. The van der Waals surface area contributed by atoms with Crippen LogP contribution < -0.4 is 10.6 Å². The third-order valence-corrected chi connectivity index (χ3v) is 7.43. The van der Waals surface area contributed by atoms with Gasteiger partial charge in [-0.2, -0.15) is 11.8 Å². The van der Waals surface area contributed by atoms with E-state index in [0.29, 0.717) is 12.2 Å². The molecule has 1 saturated carbocycles. The number of hydrogen-bond acceptors (Lipinski definition) is 5. The molecule has 1 fully saturated rings. The summed E-state index contributed by atoms with van der Waals surface area (Å²) >= 11 is 1.52. The topological polar surface area (TPSA) is 105 Å². The van der Waals surface area contributed by atoms with E-state index in [2.05, 4.69) is 22.8 Å². The highest BCUT2D eigenvalue weighted by atomic mass is 32.2. The van der Waals surface area contributed by atoms with E-state index < -0.39 is 29.6 Å². The van der Waals surface area contributed by atoms with Crippen LogP contribution in [0.5, 0.6) is 0 Å². The molecule has 2 aromatic rings. The summed E-state index contributed by atoms with van der Waals surface area (Å²) in [5, 5.41) is 14.9. The highest BCUT2D eigenvalue weighted by Crippen LogP contribution is 2.44. The van der Waals surface area contributed by atoms with Crippen molar-refractivity contribution >= 4 is 29.7 Å². The molecule has 180 valence electrons. The summed E-state index contributed by atoms with van der Waals surface area (Å²) in [6.45, 7) is 1.79. The van der Waals surface area contributed by atoms with Crippen molar-refractivity contribution in [3.05, 3.63) is 59.7 Å². The monoisotopic (exact) mass is 482 g/mol. The van der Waals surface area contributed by atoms with Gasteiger partial charge < -0.3 is 20.5 Å². The highest BCUT2D eigenvalue weighted by Gasteiger charge is 2.49. The van der Waals surface area contributed by atoms with E-state index in [0.717, 1.165) is 35.1 Å². The van der Waals surface area contributed by atoms with Crippen molar-refractivity contribution in [2.24, 2.45) is 5.92 Å². The van der Waals surface area contributed by atoms with Gasteiger partial charge in [-0.3, -0.25) is 4.79 Å². The number of carboxylic acids is 1. The Morgan fingerprint density at radius 1 is 1.09 bits per heavy atom. The van der Waals surface area contributed by atoms with Crippen LogP contribution in [0, 0.1) is 5.92 Å². The van der Waals surface area contributed by atoms with E-state index in [1.165, 1.54) is 11.8 Å². The lowest BCUT2D eigenvalue weighted by molar-refractivity contribution is -0.143. The minimum atomic E-state index is -1.23.